The molecule has 1 amide bonds. The van der Waals surface area contributed by atoms with Gasteiger partial charge in [-0.2, -0.15) is 0 Å². The minimum Gasteiger partial charge on any atom is -0.508 e. The number of piperazine rings is 1. The number of nitrogens with one attached hydrogen (secondary N) is 1. The number of phenols is 1. The third-order valence-corrected chi connectivity index (χ3v) is 3.17. The summed E-state index contributed by atoms with van der Waals surface area (Å²) < 4.78 is 0. The monoisotopic (exact) mass is 254 g/mol. The smallest absolute Gasteiger partial charge is 0.255 e. The van der Waals surface area contributed by atoms with Gasteiger partial charge in [-0.05, 0) is 25.1 Å². The highest BCUT2D eigenvalue weighted by Crippen LogP contribution is 2.23. The zero-order valence-corrected chi connectivity index (χ0v) is 10.4. The lowest BCUT2D eigenvalue weighted by molar-refractivity contribution is 0.0709. The van der Waals surface area contributed by atoms with Crippen molar-refractivity contribution in [2.24, 2.45) is 0 Å². The van der Waals surface area contributed by atoms with Crippen molar-refractivity contribution in [3.8, 4) is 5.75 Å². The summed E-state index contributed by atoms with van der Waals surface area (Å²) in [5.41, 5.74) is 0.362. The zero-order chi connectivity index (χ0) is 12.4. The van der Waals surface area contributed by atoms with Crippen LogP contribution in [0.15, 0.2) is 18.2 Å². The quantitative estimate of drug-likeness (QED) is 0.798. The Hall–Kier alpha value is -1.26. The average molecular weight is 255 g/mol. The molecule has 5 heteroatoms. The van der Waals surface area contributed by atoms with Gasteiger partial charge in [-0.1, -0.05) is 11.6 Å². The van der Waals surface area contributed by atoms with Gasteiger partial charge in [0.15, 0.2) is 0 Å². The van der Waals surface area contributed by atoms with Crippen LogP contribution in [-0.4, -0.2) is 41.6 Å². The Kier molecular flexibility index (Phi) is 3.54. The number of hydrogen-bond donors (Lipinski definition) is 2. The Balaban J connectivity index is 2.21. The number of rotatable bonds is 1. The van der Waals surface area contributed by atoms with E-state index in [9.17, 15) is 9.90 Å². The lowest BCUT2D eigenvalue weighted by atomic mass is 10.1. The molecule has 0 bridgehead atoms. The molecule has 1 aliphatic heterocycles. The number of phenolic OH excluding ortho intramolecular Hbond substituents is 1. The van der Waals surface area contributed by atoms with Crippen LogP contribution in [0, 0.1) is 0 Å². The summed E-state index contributed by atoms with van der Waals surface area (Å²) in [4.78, 5) is 14.0. The van der Waals surface area contributed by atoms with Gasteiger partial charge < -0.3 is 15.3 Å². The first kappa shape index (κ1) is 12.2. The van der Waals surface area contributed by atoms with Gasteiger partial charge in [-0.25, -0.2) is 0 Å². The van der Waals surface area contributed by atoms with E-state index in [1.165, 1.54) is 18.2 Å². The van der Waals surface area contributed by atoms with Crippen LogP contribution in [0.1, 0.15) is 17.3 Å². The molecule has 1 aromatic carbocycles. The fourth-order valence-electron chi connectivity index (χ4n) is 1.96. The molecule has 0 aliphatic carbocycles. The van der Waals surface area contributed by atoms with Gasteiger partial charge >= 0.3 is 0 Å². The summed E-state index contributed by atoms with van der Waals surface area (Å²) in [6.45, 7) is 4.13. The van der Waals surface area contributed by atoms with Crippen molar-refractivity contribution in [2.45, 2.75) is 13.0 Å². The molecule has 1 aliphatic rings. The van der Waals surface area contributed by atoms with Crippen LogP contribution in [0.4, 0.5) is 0 Å². The predicted octanol–water partition coefficient (Wildman–Crippen LogP) is 1.48. The zero-order valence-electron chi connectivity index (χ0n) is 9.61. The summed E-state index contributed by atoms with van der Waals surface area (Å²) in [6, 6.07) is 4.70. The second-order valence-electron chi connectivity index (χ2n) is 4.27. The van der Waals surface area contributed by atoms with Gasteiger partial charge in [0.2, 0.25) is 0 Å². The number of carbonyl (C=O) groups is 1. The highest BCUT2D eigenvalue weighted by atomic mass is 35.5. The molecule has 1 unspecified atom stereocenters. The molecule has 17 heavy (non-hydrogen) atoms. The van der Waals surface area contributed by atoms with Crippen molar-refractivity contribution in [1.29, 1.82) is 0 Å². The third-order valence-electron chi connectivity index (χ3n) is 2.84. The van der Waals surface area contributed by atoms with E-state index in [0.717, 1.165) is 6.54 Å². The minimum atomic E-state index is -0.126. The standard InChI is InChI=1S/C12H15ClN2O2/c1-8-7-15(5-4-14-8)12(17)10-6-9(16)2-3-11(10)13/h2-3,6,8,14,16H,4-5,7H2,1H3. The largest absolute Gasteiger partial charge is 0.508 e. The van der Waals surface area contributed by atoms with Crippen molar-refractivity contribution in [1.82, 2.24) is 10.2 Å². The molecule has 1 saturated heterocycles. The van der Waals surface area contributed by atoms with E-state index in [0.29, 0.717) is 23.7 Å². The Morgan fingerprint density at radius 2 is 2.35 bits per heavy atom. The van der Waals surface area contributed by atoms with E-state index in [1.807, 2.05) is 6.92 Å². The van der Waals surface area contributed by atoms with E-state index >= 15 is 0 Å². The average Bonchev–Trinajstić information content (AvgIpc) is 2.31. The number of nitrogens with zero attached hydrogens (tertiary/aromatic N) is 1. The lowest BCUT2D eigenvalue weighted by Gasteiger charge is -2.32. The fraction of sp³-hybridized carbons (Fsp3) is 0.417. The molecule has 0 spiro atoms. The van der Waals surface area contributed by atoms with Crippen LogP contribution < -0.4 is 5.32 Å². The van der Waals surface area contributed by atoms with Crippen LogP contribution in [0.5, 0.6) is 5.75 Å². The topological polar surface area (TPSA) is 52.6 Å². The lowest BCUT2D eigenvalue weighted by Crippen LogP contribution is -2.51. The molecule has 92 valence electrons. The molecule has 2 N–H and O–H groups in total. The molecule has 4 nitrogen and oxygen atoms in total. The number of amides is 1. The van der Waals surface area contributed by atoms with E-state index in [-0.39, 0.29) is 17.7 Å². The number of halogens is 1. The molecule has 1 atom stereocenters. The number of hydrogen-bond acceptors (Lipinski definition) is 3. The summed E-state index contributed by atoms with van der Waals surface area (Å²) in [6.07, 6.45) is 0. The summed E-state index contributed by atoms with van der Waals surface area (Å²) in [5, 5.41) is 13.0. The first-order valence-electron chi connectivity index (χ1n) is 5.59. The van der Waals surface area contributed by atoms with E-state index < -0.39 is 0 Å². The third kappa shape index (κ3) is 2.70. The summed E-state index contributed by atoms with van der Waals surface area (Å²) in [5.74, 6) is -0.0693. The fourth-order valence-corrected chi connectivity index (χ4v) is 2.16. The van der Waals surface area contributed by atoms with Crippen LogP contribution in [0.25, 0.3) is 0 Å². The Morgan fingerprint density at radius 3 is 3.06 bits per heavy atom. The van der Waals surface area contributed by atoms with E-state index in [1.54, 1.807) is 4.90 Å². The Morgan fingerprint density at radius 1 is 1.59 bits per heavy atom. The van der Waals surface area contributed by atoms with Crippen LogP contribution in [-0.2, 0) is 0 Å². The molecule has 1 aromatic rings. The second-order valence-corrected chi connectivity index (χ2v) is 4.68. The van der Waals surface area contributed by atoms with Crippen molar-refractivity contribution >= 4 is 17.5 Å². The van der Waals surface area contributed by atoms with Crippen molar-refractivity contribution in [3.05, 3.63) is 28.8 Å². The van der Waals surface area contributed by atoms with Gasteiger partial charge in [0, 0.05) is 25.7 Å². The van der Waals surface area contributed by atoms with E-state index in [4.69, 9.17) is 11.6 Å². The number of aromatic hydroxyl groups is 1. The summed E-state index contributed by atoms with van der Waals surface area (Å²) >= 11 is 5.97. The van der Waals surface area contributed by atoms with Gasteiger partial charge in [-0.3, -0.25) is 4.79 Å². The first-order valence-corrected chi connectivity index (χ1v) is 5.97. The van der Waals surface area contributed by atoms with Gasteiger partial charge in [0.25, 0.3) is 5.91 Å². The SMILES string of the molecule is CC1CN(C(=O)c2cc(O)ccc2Cl)CCN1. The van der Waals surface area contributed by atoms with Crippen molar-refractivity contribution < 1.29 is 9.90 Å². The maximum atomic E-state index is 12.2. The molecule has 0 radical (unpaired) electrons. The Labute approximate surface area is 105 Å². The molecule has 0 saturated carbocycles. The molecular weight excluding hydrogens is 240 g/mol. The van der Waals surface area contributed by atoms with Gasteiger partial charge in [-0.15, -0.1) is 0 Å². The first-order chi connectivity index (χ1) is 8.08. The van der Waals surface area contributed by atoms with Gasteiger partial charge in [0.1, 0.15) is 5.75 Å². The van der Waals surface area contributed by atoms with Crippen molar-refractivity contribution in [2.75, 3.05) is 19.6 Å². The normalized spacial score (nSPS) is 20.4. The van der Waals surface area contributed by atoms with Crippen LogP contribution in [0.2, 0.25) is 5.02 Å². The van der Waals surface area contributed by atoms with Crippen molar-refractivity contribution in [3.63, 3.8) is 0 Å². The van der Waals surface area contributed by atoms with Gasteiger partial charge in [0.05, 0.1) is 10.6 Å². The molecule has 2 rings (SSSR count). The molecule has 0 aromatic heterocycles. The maximum Gasteiger partial charge on any atom is 0.255 e. The second kappa shape index (κ2) is 4.94. The Bertz CT molecular complexity index is 437. The molecule has 1 heterocycles. The molecular formula is C12H15ClN2O2. The summed E-state index contributed by atoms with van der Waals surface area (Å²) in [7, 11) is 0. The highest BCUT2D eigenvalue weighted by molar-refractivity contribution is 6.33. The highest BCUT2D eigenvalue weighted by Gasteiger charge is 2.23. The predicted molar refractivity (Wildman–Crippen MR) is 66.5 cm³/mol. The number of carbonyl (C=O) groups excluding carboxylic acids is 1. The van der Waals surface area contributed by atoms with Crippen LogP contribution >= 0.6 is 11.6 Å². The maximum absolute atomic E-state index is 12.2. The molecule has 1 fully saturated rings. The van der Waals surface area contributed by atoms with Crippen LogP contribution in [0.3, 0.4) is 0 Å². The van der Waals surface area contributed by atoms with E-state index in [2.05, 4.69) is 5.32 Å². The minimum absolute atomic E-state index is 0.0564. The number of benzene rings is 1.